The van der Waals surface area contributed by atoms with Crippen LogP contribution in [-0.4, -0.2) is 76.9 Å². The lowest BCUT2D eigenvalue weighted by Crippen LogP contribution is -2.51. The Morgan fingerprint density at radius 1 is 1.32 bits per heavy atom. The van der Waals surface area contributed by atoms with Gasteiger partial charge in [0.2, 0.25) is 11.8 Å². The predicted molar refractivity (Wildman–Crippen MR) is 111 cm³/mol. The number of halogens is 2. The Morgan fingerprint density at radius 2 is 2.11 bits per heavy atom. The molecule has 2 amide bonds. The van der Waals surface area contributed by atoms with E-state index in [1.165, 1.54) is 12.8 Å². The highest BCUT2D eigenvalue weighted by Gasteiger charge is 2.44. The second kappa shape index (κ2) is 9.71. The van der Waals surface area contributed by atoms with Crippen molar-refractivity contribution < 1.29 is 9.59 Å². The van der Waals surface area contributed by atoms with Crippen LogP contribution in [0, 0.1) is 18.8 Å². The van der Waals surface area contributed by atoms with Gasteiger partial charge in [0.15, 0.2) is 0 Å². The molecule has 8 nitrogen and oxygen atoms in total. The fourth-order valence-electron chi connectivity index (χ4n) is 4.03. The van der Waals surface area contributed by atoms with E-state index in [9.17, 15) is 9.59 Å². The topological polar surface area (TPSA) is 90.5 Å². The Morgan fingerprint density at radius 3 is 2.79 bits per heavy atom. The zero-order chi connectivity index (χ0) is 18.1. The molecule has 10 heteroatoms. The highest BCUT2D eigenvalue weighted by atomic mass is 35.5. The predicted octanol–water partition coefficient (Wildman–Crippen LogP) is 0.709. The number of nitrogens with one attached hydrogen (secondary N) is 2. The molecule has 1 aromatic heterocycles. The number of anilines is 1. The number of rotatable bonds is 5. The van der Waals surface area contributed by atoms with Gasteiger partial charge in [-0.3, -0.25) is 14.5 Å². The van der Waals surface area contributed by atoms with Gasteiger partial charge < -0.3 is 15.5 Å². The van der Waals surface area contributed by atoms with E-state index < -0.39 is 0 Å². The maximum Gasteiger partial charge on any atom is 0.236 e. The molecule has 1 saturated carbocycles. The third-order valence-corrected chi connectivity index (χ3v) is 5.53. The van der Waals surface area contributed by atoms with Gasteiger partial charge in [0.05, 0.1) is 13.1 Å². The molecule has 156 valence electrons. The van der Waals surface area contributed by atoms with Gasteiger partial charge in [-0.15, -0.1) is 24.8 Å². The Kier molecular flexibility index (Phi) is 7.86. The lowest BCUT2D eigenvalue weighted by atomic mass is 9.98. The average molecular weight is 431 g/mol. The minimum absolute atomic E-state index is 0. The molecular weight excluding hydrogens is 403 g/mol. The Hall–Kier alpha value is -1.64. The highest BCUT2D eigenvalue weighted by molar-refractivity contribution is 5.85. The molecule has 2 N–H and O–H groups in total. The van der Waals surface area contributed by atoms with E-state index in [2.05, 4.69) is 20.6 Å². The molecule has 1 aliphatic carbocycles. The van der Waals surface area contributed by atoms with Gasteiger partial charge in [0.1, 0.15) is 11.6 Å². The smallest absolute Gasteiger partial charge is 0.236 e. The van der Waals surface area contributed by atoms with Crippen LogP contribution in [0.25, 0.3) is 0 Å². The van der Waals surface area contributed by atoms with Crippen LogP contribution in [-0.2, 0) is 9.59 Å². The number of nitrogens with zero attached hydrogens (tertiary/aromatic N) is 4. The van der Waals surface area contributed by atoms with E-state index in [4.69, 9.17) is 0 Å². The molecular formula is C18H28Cl2N6O2. The summed E-state index contributed by atoms with van der Waals surface area (Å²) >= 11 is 0. The third kappa shape index (κ3) is 5.46. The normalized spacial score (nSPS) is 24.8. The molecule has 2 aliphatic heterocycles. The van der Waals surface area contributed by atoms with Crippen LogP contribution >= 0.6 is 24.8 Å². The standard InChI is InChI=1S/C18H26N6O2.2ClH/c1-12-19-5-4-16(21-12)22-15-9-24(8-14(15)13-2-3-13)18(26)11-23-7-6-20-17(25)10-23;;/h4-5,13-15H,2-3,6-11H2,1H3,(H,20,25)(H,19,21,22);2*1H/t14-,15+;;/m1../s1. The molecule has 0 aromatic carbocycles. The molecule has 1 aromatic rings. The van der Waals surface area contributed by atoms with Gasteiger partial charge in [-0.25, -0.2) is 9.97 Å². The first-order chi connectivity index (χ1) is 12.6. The molecule has 3 aliphatic rings. The SMILES string of the molecule is Cc1nccc(N[C@H]2CN(C(=O)CN3CCNC(=O)C3)C[C@@H]2C2CC2)n1.Cl.Cl. The number of likely N-dealkylation sites (tertiary alicyclic amines) is 1. The van der Waals surface area contributed by atoms with Crippen LogP contribution in [0.2, 0.25) is 0 Å². The summed E-state index contributed by atoms with van der Waals surface area (Å²) in [4.78, 5) is 36.7. The summed E-state index contributed by atoms with van der Waals surface area (Å²) in [6.07, 6.45) is 4.26. The first-order valence-corrected chi connectivity index (χ1v) is 9.41. The molecule has 0 unspecified atom stereocenters. The molecule has 3 fully saturated rings. The quantitative estimate of drug-likeness (QED) is 0.714. The summed E-state index contributed by atoms with van der Waals surface area (Å²) in [5.74, 6) is 2.86. The molecule has 28 heavy (non-hydrogen) atoms. The van der Waals surface area contributed by atoms with Crippen molar-refractivity contribution in [3.8, 4) is 0 Å². The molecule has 3 heterocycles. The maximum atomic E-state index is 12.8. The number of amides is 2. The molecule has 2 atom stereocenters. The zero-order valence-corrected chi connectivity index (χ0v) is 17.6. The van der Waals surface area contributed by atoms with Crippen LogP contribution in [0.1, 0.15) is 18.7 Å². The van der Waals surface area contributed by atoms with Crippen molar-refractivity contribution in [2.24, 2.45) is 11.8 Å². The van der Waals surface area contributed by atoms with Gasteiger partial charge in [-0.05, 0) is 31.7 Å². The average Bonchev–Trinajstić information content (AvgIpc) is 3.36. The van der Waals surface area contributed by atoms with Crippen molar-refractivity contribution >= 4 is 42.4 Å². The minimum Gasteiger partial charge on any atom is -0.365 e. The summed E-state index contributed by atoms with van der Waals surface area (Å²) in [5.41, 5.74) is 0. The summed E-state index contributed by atoms with van der Waals surface area (Å²) in [6.45, 7) is 5.36. The van der Waals surface area contributed by atoms with Gasteiger partial charge in [0, 0.05) is 44.3 Å². The molecule has 4 rings (SSSR count). The largest absolute Gasteiger partial charge is 0.365 e. The maximum absolute atomic E-state index is 12.8. The van der Waals surface area contributed by atoms with Crippen LogP contribution in [0.4, 0.5) is 5.82 Å². The molecule has 2 saturated heterocycles. The van der Waals surface area contributed by atoms with E-state index >= 15 is 0 Å². The van der Waals surface area contributed by atoms with Crippen LogP contribution in [0.5, 0.6) is 0 Å². The molecule has 0 spiro atoms. The van der Waals surface area contributed by atoms with Crippen molar-refractivity contribution in [3.05, 3.63) is 18.1 Å². The van der Waals surface area contributed by atoms with E-state index in [1.807, 2.05) is 22.8 Å². The van der Waals surface area contributed by atoms with Crippen molar-refractivity contribution in [3.63, 3.8) is 0 Å². The fourth-order valence-corrected chi connectivity index (χ4v) is 4.03. The Labute approximate surface area is 177 Å². The van der Waals surface area contributed by atoms with Gasteiger partial charge in [-0.2, -0.15) is 0 Å². The third-order valence-electron chi connectivity index (χ3n) is 5.53. The number of hydrogen-bond donors (Lipinski definition) is 2. The summed E-state index contributed by atoms with van der Waals surface area (Å²) in [7, 11) is 0. The van der Waals surface area contributed by atoms with Crippen molar-refractivity contribution in [2.75, 3.05) is 44.6 Å². The van der Waals surface area contributed by atoms with Crippen LogP contribution in [0.15, 0.2) is 12.3 Å². The highest BCUT2D eigenvalue weighted by Crippen LogP contribution is 2.42. The monoisotopic (exact) mass is 430 g/mol. The lowest BCUT2D eigenvalue weighted by molar-refractivity contribution is -0.133. The zero-order valence-electron chi connectivity index (χ0n) is 16.0. The lowest BCUT2D eigenvalue weighted by Gasteiger charge is -2.27. The first-order valence-electron chi connectivity index (χ1n) is 9.41. The molecule has 0 radical (unpaired) electrons. The van der Waals surface area contributed by atoms with Gasteiger partial charge >= 0.3 is 0 Å². The second-order valence-electron chi connectivity index (χ2n) is 7.60. The number of piperazine rings is 1. The van der Waals surface area contributed by atoms with Crippen LogP contribution in [0.3, 0.4) is 0 Å². The van der Waals surface area contributed by atoms with Crippen LogP contribution < -0.4 is 10.6 Å². The summed E-state index contributed by atoms with van der Waals surface area (Å²) in [5, 5.41) is 6.32. The number of carbonyl (C=O) groups excluding carboxylic acids is 2. The second-order valence-corrected chi connectivity index (χ2v) is 7.60. The fraction of sp³-hybridized carbons (Fsp3) is 0.667. The number of carbonyl (C=O) groups is 2. The first kappa shape index (κ1) is 22.6. The number of aromatic nitrogens is 2. The summed E-state index contributed by atoms with van der Waals surface area (Å²) in [6, 6.07) is 2.11. The van der Waals surface area contributed by atoms with E-state index in [1.54, 1.807) is 6.20 Å². The van der Waals surface area contributed by atoms with Crippen molar-refractivity contribution in [2.45, 2.75) is 25.8 Å². The minimum atomic E-state index is 0. The van der Waals surface area contributed by atoms with Crippen molar-refractivity contribution in [1.29, 1.82) is 0 Å². The van der Waals surface area contributed by atoms with E-state index in [0.29, 0.717) is 38.0 Å². The molecule has 0 bridgehead atoms. The summed E-state index contributed by atoms with van der Waals surface area (Å²) < 4.78 is 0. The Balaban J connectivity index is 0.00000140. The van der Waals surface area contributed by atoms with E-state index in [0.717, 1.165) is 24.7 Å². The number of hydrogen-bond acceptors (Lipinski definition) is 6. The Bertz CT molecular complexity index is 702. The van der Waals surface area contributed by atoms with Gasteiger partial charge in [-0.1, -0.05) is 0 Å². The number of aryl methyl sites for hydroxylation is 1. The van der Waals surface area contributed by atoms with Crippen molar-refractivity contribution in [1.82, 2.24) is 25.1 Å². The van der Waals surface area contributed by atoms with Gasteiger partial charge in [0.25, 0.3) is 0 Å². The van der Waals surface area contributed by atoms with E-state index in [-0.39, 0.29) is 42.7 Å².